The fraction of sp³-hybridized carbons (Fsp3) is 0.757. The minimum Gasteiger partial charge on any atom is -0.369 e. The predicted octanol–water partition coefficient (Wildman–Crippen LogP) is 13.7. The fourth-order valence-electron chi connectivity index (χ4n) is 15.6. The minimum atomic E-state index is -4.55. The Balaban J connectivity index is 1.21. The van der Waals surface area contributed by atoms with Gasteiger partial charge in [0.2, 0.25) is 5.91 Å². The van der Waals surface area contributed by atoms with Crippen LogP contribution < -0.4 is 26.6 Å². The van der Waals surface area contributed by atoms with Crippen molar-refractivity contribution < 1.29 is 31.1 Å². The van der Waals surface area contributed by atoms with E-state index in [1.807, 2.05) is 37.4 Å². The minimum absolute atomic E-state index is 0.0138. The molecule has 2 saturated carbocycles. The lowest BCUT2D eigenvalue weighted by atomic mass is 9.74. The monoisotopic (exact) mass is 1290 g/mol. The third-order valence-corrected chi connectivity index (χ3v) is 20.8. The van der Waals surface area contributed by atoms with E-state index in [9.17, 15) is 31.1 Å². The molecule has 1 amide bonds. The zero-order valence-electron chi connectivity index (χ0n) is 56.3. The molecule has 13 nitrogen and oxygen atoms in total. The van der Waals surface area contributed by atoms with Crippen molar-refractivity contribution >= 4 is 29.4 Å². The molecule has 90 heavy (non-hydrogen) atoms. The predicted molar refractivity (Wildman–Crippen MR) is 357 cm³/mol. The van der Waals surface area contributed by atoms with Crippen LogP contribution in [0.5, 0.6) is 0 Å². The van der Waals surface area contributed by atoms with Crippen molar-refractivity contribution in [1.82, 2.24) is 51.1 Å². The van der Waals surface area contributed by atoms with Gasteiger partial charge in [-0.15, -0.1) is 0 Å². The molecule has 1 aromatic rings. The highest BCUT2D eigenvalue weighted by Crippen LogP contribution is 2.41. The van der Waals surface area contributed by atoms with Crippen LogP contribution in [0.4, 0.5) is 26.3 Å². The molecule has 20 heteroatoms. The number of likely N-dealkylation sites (tertiary alicyclic amines) is 1. The Morgan fingerprint density at radius 3 is 2.18 bits per heavy atom. The maximum absolute atomic E-state index is 14.7. The van der Waals surface area contributed by atoms with Crippen LogP contribution in [0.15, 0.2) is 76.7 Å². The zero-order valence-corrected chi connectivity index (χ0v) is 57.1. The van der Waals surface area contributed by atoms with Crippen LogP contribution in [-0.2, 0) is 17.4 Å². The van der Waals surface area contributed by atoms with Crippen LogP contribution in [0.25, 0.3) is 0 Å². The largest absolute Gasteiger partial charge is 0.417 e. The maximum Gasteiger partial charge on any atom is 0.417 e. The number of allylic oxidation sites excluding steroid dienone is 3. The van der Waals surface area contributed by atoms with Gasteiger partial charge in [0.15, 0.2) is 0 Å². The van der Waals surface area contributed by atoms with Gasteiger partial charge in [0, 0.05) is 174 Å². The van der Waals surface area contributed by atoms with Gasteiger partial charge in [-0.05, 0) is 147 Å². The number of alkyl halides is 6. The number of benzene rings is 1. The highest BCUT2D eigenvalue weighted by atomic mass is 35.5. The van der Waals surface area contributed by atoms with E-state index in [0.717, 1.165) is 127 Å². The normalized spacial score (nSPS) is 29.6. The summed E-state index contributed by atoms with van der Waals surface area (Å²) in [5.41, 5.74) is 2.64. The molecule has 1 spiro atoms. The summed E-state index contributed by atoms with van der Waals surface area (Å²) < 4.78 is 85.0. The number of piperidine rings is 1. The molecule has 5 N–H and O–H groups in total. The Hall–Kier alpha value is -3.98. The number of nitrogens with zero attached hydrogens (tertiary/aromatic N) is 7. The first kappa shape index (κ1) is 73.4. The summed E-state index contributed by atoms with van der Waals surface area (Å²) in [6.45, 7) is 24.2. The summed E-state index contributed by atoms with van der Waals surface area (Å²) in [5, 5.41) is 18.7. The van der Waals surface area contributed by atoms with Crippen molar-refractivity contribution in [2.75, 3.05) is 59.9 Å². The maximum atomic E-state index is 14.7. The van der Waals surface area contributed by atoms with E-state index in [4.69, 9.17) is 16.6 Å². The van der Waals surface area contributed by atoms with Gasteiger partial charge in [-0.3, -0.25) is 19.7 Å². The van der Waals surface area contributed by atoms with Crippen molar-refractivity contribution in [3.8, 4) is 0 Å². The highest BCUT2D eigenvalue weighted by molar-refractivity contribution is 6.31. The molecule has 0 bridgehead atoms. The molecule has 0 radical (unpaired) electrons. The number of nitrogens with one attached hydrogen (secondary N) is 5. The molecule has 508 valence electrons. The van der Waals surface area contributed by atoms with E-state index in [2.05, 4.69) is 126 Å². The van der Waals surface area contributed by atoms with E-state index in [-0.39, 0.29) is 83.2 Å². The van der Waals surface area contributed by atoms with Crippen molar-refractivity contribution in [3.63, 3.8) is 0 Å². The van der Waals surface area contributed by atoms with Gasteiger partial charge in [-0.1, -0.05) is 90.3 Å². The summed E-state index contributed by atoms with van der Waals surface area (Å²) in [6.07, 6.45) is 21.3. The summed E-state index contributed by atoms with van der Waals surface area (Å²) in [6, 6.07) is 2.56. The van der Waals surface area contributed by atoms with Crippen LogP contribution in [0.2, 0.25) is 5.02 Å². The number of aryl methyl sites for hydroxylation is 1. The molecule has 4 aliphatic heterocycles. The number of carbonyl (C=O) groups is 1. The average Bonchev–Trinajstić information content (AvgIpc) is 0.832. The second-order valence-corrected chi connectivity index (χ2v) is 28.8. The number of amides is 1. The Kier molecular flexibility index (Phi) is 28.1. The van der Waals surface area contributed by atoms with Gasteiger partial charge >= 0.3 is 12.4 Å². The van der Waals surface area contributed by atoms with Gasteiger partial charge in [0.25, 0.3) is 0 Å². The highest BCUT2D eigenvalue weighted by Gasteiger charge is 2.55. The fourth-order valence-corrected chi connectivity index (χ4v) is 15.9. The van der Waals surface area contributed by atoms with Crippen LogP contribution in [0.1, 0.15) is 189 Å². The average molecular weight is 1290 g/mol. The number of fused-ring (bicyclic) bond motifs is 2. The van der Waals surface area contributed by atoms with Gasteiger partial charge in [0.05, 0.1) is 22.9 Å². The Bertz CT molecular complexity index is 2570. The van der Waals surface area contributed by atoms with E-state index in [1.54, 1.807) is 12.4 Å². The molecule has 6 aliphatic rings. The number of aliphatic imine (C=N–C) groups is 2. The standard InChI is InChI=1S/C70H113ClF6N12O/c1-48(2)39-63-51(6)81-44-64-65(67(90)87-35-18-13-19-36-87)54(9)89(64)66(49(3)4)52(7)84-68(29-16-17-30-68)47-79-33-32-78-31-28-57(26-24-56-25-27-61(62(71)41-56)70(75,76)77)80-34-38-85(10)45-60(40-55-21-14-12-15-22-55)86(11)46-59-23-20-37-88(59)53(8)50(5)83-58(43-82-63)42-69(72,73)74/h25,27-28,31-32,34,38,41,45-46,48-55,58,63-66,79,81-84H,12-24,26,29-30,33,35-37,39-40,42-44,47H2,1-11H3/t50?,51?,52?,53-,54?,58-,63-,64?,65-,66-/m0/s1. The lowest BCUT2D eigenvalue weighted by Crippen LogP contribution is -2.76. The second kappa shape index (κ2) is 34.4. The number of halogens is 7. The lowest BCUT2D eigenvalue weighted by molar-refractivity contribution is -0.162. The molecular formula is C70H113ClF6N12O. The summed E-state index contributed by atoms with van der Waals surface area (Å²) in [7, 11) is 4.08. The number of rotatable bonds is 10. The zero-order chi connectivity index (χ0) is 65.3. The first-order chi connectivity index (χ1) is 42.7. The Morgan fingerprint density at radius 1 is 0.800 bits per heavy atom. The number of hydrogen-bond acceptors (Lipinski definition) is 12. The lowest BCUT2D eigenvalue weighted by Gasteiger charge is -2.60. The third-order valence-electron chi connectivity index (χ3n) is 20.5. The molecule has 5 fully saturated rings. The smallest absolute Gasteiger partial charge is 0.369 e. The van der Waals surface area contributed by atoms with E-state index in [0.29, 0.717) is 49.0 Å². The van der Waals surface area contributed by atoms with E-state index < -0.39 is 30.4 Å². The van der Waals surface area contributed by atoms with Crippen LogP contribution in [-0.4, -0.2) is 168 Å². The van der Waals surface area contributed by atoms with Crippen LogP contribution in [0.3, 0.4) is 0 Å². The molecule has 5 unspecified atom stereocenters. The van der Waals surface area contributed by atoms with Crippen molar-refractivity contribution in [2.24, 2.45) is 33.7 Å². The second-order valence-electron chi connectivity index (χ2n) is 28.4. The molecule has 7 rings (SSSR count). The Morgan fingerprint density at radius 2 is 1.51 bits per heavy atom. The summed E-state index contributed by atoms with van der Waals surface area (Å²) in [5.74, 6) is 1.13. The van der Waals surface area contributed by atoms with Gasteiger partial charge in [-0.2, -0.15) is 26.3 Å². The quantitative estimate of drug-likeness (QED) is 0.145. The van der Waals surface area contributed by atoms with Gasteiger partial charge in [0.1, 0.15) is 0 Å². The molecule has 1 aromatic carbocycles. The molecule has 0 aromatic heterocycles. The SMILES string of the molecule is CC(C)C[C@@H]1NC[C@H](CC(F)(F)F)NC(C)[C@H](C)N2CCCC2=CN(C)C(CC2CCCCC2)=CN(C)C=CN=C(CCc2ccc(C(F)(F)F)c(Cl)c2)C=CN=CCNCC2(CCCC2)NC(C)[C@H](C(C)C)N2C(C)[C@H](C(=O)N3CCCCC3)C2CNC1C. The molecule has 3 saturated heterocycles. The van der Waals surface area contributed by atoms with Gasteiger partial charge in [-0.25, -0.2) is 0 Å². The number of carbonyl (C=O) groups excluding carboxylic acids is 1. The van der Waals surface area contributed by atoms with Crippen LogP contribution >= 0.6 is 11.6 Å². The molecule has 10 atom stereocenters. The number of hydrogen-bond donors (Lipinski definition) is 5. The van der Waals surface area contributed by atoms with Crippen molar-refractivity contribution in [2.45, 2.75) is 257 Å². The topological polar surface area (TPSA) is 118 Å². The van der Waals surface area contributed by atoms with E-state index in [1.165, 1.54) is 31.4 Å². The molecule has 4 heterocycles. The first-order valence-electron chi connectivity index (χ1n) is 34.5. The molecule has 2 aliphatic carbocycles. The first-order valence-corrected chi connectivity index (χ1v) is 34.8. The molecular weight excluding hydrogens is 1170 g/mol. The van der Waals surface area contributed by atoms with Gasteiger partial charge < -0.3 is 46.2 Å². The Labute approximate surface area is 542 Å². The summed E-state index contributed by atoms with van der Waals surface area (Å²) in [4.78, 5) is 35.6. The van der Waals surface area contributed by atoms with E-state index >= 15 is 0 Å². The van der Waals surface area contributed by atoms with Crippen molar-refractivity contribution in [3.05, 3.63) is 82.8 Å². The third kappa shape index (κ3) is 21.5. The summed E-state index contributed by atoms with van der Waals surface area (Å²) >= 11 is 6.16. The van der Waals surface area contributed by atoms with Crippen molar-refractivity contribution in [1.29, 1.82) is 0 Å². The van der Waals surface area contributed by atoms with Crippen LogP contribution in [0, 0.1) is 23.7 Å².